The van der Waals surface area contributed by atoms with Gasteiger partial charge in [-0.1, -0.05) is 31.7 Å². The van der Waals surface area contributed by atoms with Crippen LogP contribution in [0.15, 0.2) is 24.3 Å². The Kier molecular flexibility index (Phi) is 5.90. The van der Waals surface area contributed by atoms with Crippen LogP contribution < -0.4 is 14.8 Å². The molecule has 4 heteroatoms. The maximum atomic E-state index is 12.2. The zero-order valence-electron chi connectivity index (χ0n) is 12.9. The Balaban J connectivity index is 1.86. The summed E-state index contributed by atoms with van der Waals surface area (Å²) in [4.78, 5) is 12.2. The van der Waals surface area contributed by atoms with Gasteiger partial charge in [-0.05, 0) is 31.9 Å². The fraction of sp³-hybridized carbons (Fsp3) is 0.588. The molecule has 0 spiro atoms. The molecule has 1 aromatic carbocycles. The predicted molar refractivity (Wildman–Crippen MR) is 82.7 cm³/mol. The molecule has 2 rings (SSSR count). The van der Waals surface area contributed by atoms with E-state index in [0.29, 0.717) is 11.8 Å². The molecular weight excluding hydrogens is 266 g/mol. The fourth-order valence-electron chi connectivity index (χ4n) is 2.67. The summed E-state index contributed by atoms with van der Waals surface area (Å²) >= 11 is 0. The van der Waals surface area contributed by atoms with Gasteiger partial charge in [0.1, 0.15) is 11.5 Å². The number of rotatable bonds is 5. The Morgan fingerprint density at radius 1 is 1.19 bits per heavy atom. The molecule has 1 aliphatic carbocycles. The van der Waals surface area contributed by atoms with Crippen LogP contribution in [0.25, 0.3) is 0 Å². The maximum Gasteiger partial charge on any atom is 0.260 e. The Morgan fingerprint density at radius 3 is 2.52 bits per heavy atom. The van der Waals surface area contributed by atoms with E-state index in [2.05, 4.69) is 5.32 Å². The van der Waals surface area contributed by atoms with Crippen molar-refractivity contribution in [1.29, 1.82) is 0 Å². The first-order valence-electron chi connectivity index (χ1n) is 7.80. The van der Waals surface area contributed by atoms with Crippen molar-refractivity contribution in [3.63, 3.8) is 0 Å². The molecule has 4 nitrogen and oxygen atoms in total. The van der Waals surface area contributed by atoms with Crippen molar-refractivity contribution in [2.24, 2.45) is 0 Å². The number of hydrogen-bond acceptors (Lipinski definition) is 3. The highest BCUT2D eigenvalue weighted by Gasteiger charge is 2.20. The van der Waals surface area contributed by atoms with Gasteiger partial charge < -0.3 is 14.8 Å². The van der Waals surface area contributed by atoms with Gasteiger partial charge in [-0.15, -0.1) is 0 Å². The molecule has 0 unspecified atom stereocenters. The molecule has 0 aliphatic heterocycles. The first kappa shape index (κ1) is 15.7. The molecule has 0 aromatic heterocycles. The summed E-state index contributed by atoms with van der Waals surface area (Å²) in [5.41, 5.74) is 0. The Hall–Kier alpha value is -1.71. The van der Waals surface area contributed by atoms with Gasteiger partial charge in [-0.2, -0.15) is 0 Å². The van der Waals surface area contributed by atoms with Crippen molar-refractivity contribution < 1.29 is 14.3 Å². The topological polar surface area (TPSA) is 47.6 Å². The second kappa shape index (κ2) is 7.91. The first-order valence-corrected chi connectivity index (χ1v) is 7.80. The highest BCUT2D eigenvalue weighted by atomic mass is 16.5. The second-order valence-electron chi connectivity index (χ2n) is 5.64. The van der Waals surface area contributed by atoms with E-state index < -0.39 is 6.10 Å². The smallest absolute Gasteiger partial charge is 0.260 e. The van der Waals surface area contributed by atoms with E-state index in [1.807, 2.05) is 18.2 Å². The quantitative estimate of drug-likeness (QED) is 0.847. The molecule has 1 atom stereocenters. The monoisotopic (exact) mass is 291 g/mol. The molecular formula is C17H25NO3. The van der Waals surface area contributed by atoms with Gasteiger partial charge >= 0.3 is 0 Å². The van der Waals surface area contributed by atoms with Crippen molar-refractivity contribution in [3.05, 3.63) is 24.3 Å². The van der Waals surface area contributed by atoms with E-state index in [1.165, 1.54) is 25.7 Å². The predicted octanol–water partition coefficient (Wildman–Crippen LogP) is 3.30. The van der Waals surface area contributed by atoms with Crippen molar-refractivity contribution in [2.45, 2.75) is 57.6 Å². The van der Waals surface area contributed by atoms with Gasteiger partial charge in [0.05, 0.1) is 7.11 Å². The summed E-state index contributed by atoms with van der Waals surface area (Å²) in [6.07, 6.45) is 6.63. The molecule has 1 aromatic rings. The Morgan fingerprint density at radius 2 is 1.86 bits per heavy atom. The molecule has 21 heavy (non-hydrogen) atoms. The third-order valence-electron chi connectivity index (χ3n) is 3.92. The Labute approximate surface area is 126 Å². The van der Waals surface area contributed by atoms with Gasteiger partial charge in [0, 0.05) is 12.1 Å². The van der Waals surface area contributed by atoms with Crippen molar-refractivity contribution in [3.8, 4) is 11.5 Å². The van der Waals surface area contributed by atoms with Crippen LogP contribution in [0.4, 0.5) is 0 Å². The number of nitrogens with one attached hydrogen (secondary N) is 1. The molecule has 1 N–H and O–H groups in total. The van der Waals surface area contributed by atoms with Gasteiger partial charge in [0.15, 0.2) is 6.10 Å². The SMILES string of the molecule is COc1cccc(O[C@@H](C)C(=O)NC2CCCCCC2)c1. The number of benzene rings is 1. The van der Waals surface area contributed by atoms with Gasteiger partial charge in [-0.25, -0.2) is 0 Å². The lowest BCUT2D eigenvalue weighted by Gasteiger charge is -2.20. The standard InChI is InChI=1S/C17H25NO3/c1-13(21-16-11-7-10-15(12-16)20-2)17(19)18-14-8-5-3-4-6-9-14/h7,10-14H,3-6,8-9H2,1-2H3,(H,18,19)/t13-/m0/s1. The third kappa shape index (κ3) is 4.96. The summed E-state index contributed by atoms with van der Waals surface area (Å²) in [6, 6.07) is 7.62. The van der Waals surface area contributed by atoms with Gasteiger partial charge in [0.2, 0.25) is 0 Å². The molecule has 116 valence electrons. The van der Waals surface area contributed by atoms with Crippen LogP contribution in [0.3, 0.4) is 0 Å². The van der Waals surface area contributed by atoms with Crippen molar-refractivity contribution in [2.75, 3.05) is 7.11 Å². The molecule has 0 heterocycles. The third-order valence-corrected chi connectivity index (χ3v) is 3.92. The zero-order chi connectivity index (χ0) is 15.1. The lowest BCUT2D eigenvalue weighted by atomic mass is 10.1. The highest BCUT2D eigenvalue weighted by molar-refractivity contribution is 5.81. The average Bonchev–Trinajstić information content (AvgIpc) is 2.76. The van der Waals surface area contributed by atoms with Crippen LogP contribution in [0.2, 0.25) is 0 Å². The molecule has 0 bridgehead atoms. The van der Waals surface area contributed by atoms with E-state index in [9.17, 15) is 4.79 Å². The average molecular weight is 291 g/mol. The van der Waals surface area contributed by atoms with E-state index in [0.717, 1.165) is 18.6 Å². The molecule has 1 fully saturated rings. The number of amides is 1. The molecule has 0 radical (unpaired) electrons. The van der Waals surface area contributed by atoms with E-state index >= 15 is 0 Å². The zero-order valence-corrected chi connectivity index (χ0v) is 12.9. The number of hydrogen-bond donors (Lipinski definition) is 1. The van der Waals surface area contributed by atoms with Gasteiger partial charge in [0.25, 0.3) is 5.91 Å². The van der Waals surface area contributed by atoms with E-state index in [1.54, 1.807) is 20.1 Å². The second-order valence-corrected chi connectivity index (χ2v) is 5.64. The van der Waals surface area contributed by atoms with Crippen LogP contribution in [0, 0.1) is 0 Å². The van der Waals surface area contributed by atoms with E-state index in [-0.39, 0.29) is 5.91 Å². The van der Waals surface area contributed by atoms with Crippen molar-refractivity contribution >= 4 is 5.91 Å². The minimum absolute atomic E-state index is 0.0373. The van der Waals surface area contributed by atoms with Crippen LogP contribution in [-0.2, 0) is 4.79 Å². The van der Waals surface area contributed by atoms with Crippen LogP contribution in [-0.4, -0.2) is 25.2 Å². The number of ether oxygens (including phenoxy) is 2. The summed E-state index contributed by atoms with van der Waals surface area (Å²) < 4.78 is 10.9. The number of carbonyl (C=O) groups is 1. The largest absolute Gasteiger partial charge is 0.497 e. The van der Waals surface area contributed by atoms with E-state index in [4.69, 9.17) is 9.47 Å². The van der Waals surface area contributed by atoms with Crippen LogP contribution in [0.1, 0.15) is 45.4 Å². The molecule has 1 aliphatic rings. The number of methoxy groups -OCH3 is 1. The first-order chi connectivity index (χ1) is 10.2. The minimum atomic E-state index is -0.500. The highest BCUT2D eigenvalue weighted by Crippen LogP contribution is 2.21. The summed E-state index contributed by atoms with van der Waals surface area (Å²) in [5, 5.41) is 3.11. The molecule has 1 amide bonds. The summed E-state index contributed by atoms with van der Waals surface area (Å²) in [5.74, 6) is 1.34. The minimum Gasteiger partial charge on any atom is -0.497 e. The van der Waals surface area contributed by atoms with Crippen LogP contribution in [0.5, 0.6) is 11.5 Å². The summed E-state index contributed by atoms with van der Waals surface area (Å²) in [7, 11) is 1.61. The van der Waals surface area contributed by atoms with Crippen LogP contribution >= 0.6 is 0 Å². The summed E-state index contributed by atoms with van der Waals surface area (Å²) in [6.45, 7) is 1.78. The normalized spacial score (nSPS) is 17.6. The fourth-order valence-corrected chi connectivity index (χ4v) is 2.67. The lowest BCUT2D eigenvalue weighted by molar-refractivity contribution is -0.128. The van der Waals surface area contributed by atoms with Crippen molar-refractivity contribution in [1.82, 2.24) is 5.32 Å². The molecule has 1 saturated carbocycles. The number of carbonyl (C=O) groups excluding carboxylic acids is 1. The lowest BCUT2D eigenvalue weighted by Crippen LogP contribution is -2.42. The Bertz CT molecular complexity index is 453. The molecule has 0 saturated heterocycles. The maximum absolute atomic E-state index is 12.2. The van der Waals surface area contributed by atoms with Gasteiger partial charge in [-0.3, -0.25) is 4.79 Å².